The summed E-state index contributed by atoms with van der Waals surface area (Å²) in [5.74, 6) is 1.04. The lowest BCUT2D eigenvalue weighted by Crippen LogP contribution is -2.13. The van der Waals surface area contributed by atoms with Gasteiger partial charge < -0.3 is 14.8 Å². The van der Waals surface area contributed by atoms with Gasteiger partial charge in [0.25, 0.3) is 5.91 Å². The summed E-state index contributed by atoms with van der Waals surface area (Å²) in [6, 6.07) is 12.8. The maximum atomic E-state index is 12.4. The number of carbonyl (C=O) groups excluding carboxylic acids is 2. The van der Waals surface area contributed by atoms with E-state index in [1.807, 2.05) is 30.3 Å². The molecule has 1 amide bonds. The minimum Gasteiger partial charge on any atom is -0.496 e. The topological polar surface area (TPSA) is 64.6 Å². The molecule has 0 aliphatic rings. The Hall–Kier alpha value is -1.99. The van der Waals surface area contributed by atoms with E-state index < -0.39 is 0 Å². The Bertz CT molecular complexity index is 749. The van der Waals surface area contributed by atoms with Crippen molar-refractivity contribution < 1.29 is 19.1 Å². The van der Waals surface area contributed by atoms with Crippen molar-refractivity contribution in [3.8, 4) is 5.75 Å². The van der Waals surface area contributed by atoms with Gasteiger partial charge in [-0.2, -0.15) is 0 Å². The molecule has 0 heterocycles. The van der Waals surface area contributed by atoms with Gasteiger partial charge in [0, 0.05) is 15.9 Å². The van der Waals surface area contributed by atoms with E-state index in [1.165, 1.54) is 26.0 Å². The van der Waals surface area contributed by atoms with Crippen LogP contribution in [-0.2, 0) is 15.3 Å². The summed E-state index contributed by atoms with van der Waals surface area (Å²) in [7, 11) is 2.90. The minimum absolute atomic E-state index is 0.239. The molecular formula is C18H18BrNO4S. The first kappa shape index (κ1) is 19.3. The molecule has 0 unspecified atom stereocenters. The van der Waals surface area contributed by atoms with Crippen LogP contribution >= 0.6 is 27.7 Å². The molecule has 0 spiro atoms. The SMILES string of the molecule is COC(=O)CSCc1ccc(NC(=O)c2cc(Br)ccc2OC)cc1. The average Bonchev–Trinajstić information content (AvgIpc) is 2.62. The molecule has 25 heavy (non-hydrogen) atoms. The summed E-state index contributed by atoms with van der Waals surface area (Å²) in [5.41, 5.74) is 2.20. The number of hydrogen-bond acceptors (Lipinski definition) is 5. The molecule has 0 bridgehead atoms. The van der Waals surface area contributed by atoms with Crippen LogP contribution in [0.2, 0.25) is 0 Å². The highest BCUT2D eigenvalue weighted by Crippen LogP contribution is 2.24. The van der Waals surface area contributed by atoms with Crippen molar-refractivity contribution in [3.63, 3.8) is 0 Å². The summed E-state index contributed by atoms with van der Waals surface area (Å²) in [6.45, 7) is 0. The van der Waals surface area contributed by atoms with Crippen molar-refractivity contribution in [1.82, 2.24) is 0 Å². The molecule has 0 atom stereocenters. The van der Waals surface area contributed by atoms with Crippen LogP contribution < -0.4 is 10.1 Å². The van der Waals surface area contributed by atoms with Crippen LogP contribution in [0.15, 0.2) is 46.9 Å². The number of carbonyl (C=O) groups is 2. The first-order valence-corrected chi connectivity index (χ1v) is 9.36. The first-order chi connectivity index (χ1) is 12.0. The zero-order valence-corrected chi connectivity index (χ0v) is 16.3. The smallest absolute Gasteiger partial charge is 0.315 e. The zero-order chi connectivity index (χ0) is 18.2. The number of esters is 1. The van der Waals surface area contributed by atoms with Gasteiger partial charge in [-0.3, -0.25) is 9.59 Å². The Morgan fingerprint density at radius 3 is 2.48 bits per heavy atom. The highest BCUT2D eigenvalue weighted by molar-refractivity contribution is 9.10. The van der Waals surface area contributed by atoms with Gasteiger partial charge in [0.15, 0.2) is 0 Å². The molecule has 0 radical (unpaired) electrons. The van der Waals surface area contributed by atoms with Gasteiger partial charge in [0.05, 0.1) is 25.5 Å². The number of anilines is 1. The molecule has 132 valence electrons. The number of amides is 1. The number of halogens is 1. The molecule has 2 rings (SSSR count). The molecule has 0 saturated carbocycles. The van der Waals surface area contributed by atoms with E-state index in [0.29, 0.717) is 28.5 Å². The van der Waals surface area contributed by atoms with E-state index in [0.717, 1.165) is 10.0 Å². The van der Waals surface area contributed by atoms with Crippen LogP contribution in [0, 0.1) is 0 Å². The number of hydrogen-bond donors (Lipinski definition) is 1. The van der Waals surface area contributed by atoms with E-state index in [4.69, 9.17) is 4.74 Å². The van der Waals surface area contributed by atoms with Crippen molar-refractivity contribution in [1.29, 1.82) is 0 Å². The maximum Gasteiger partial charge on any atom is 0.315 e. The fourth-order valence-electron chi connectivity index (χ4n) is 2.05. The molecule has 0 saturated heterocycles. The van der Waals surface area contributed by atoms with Gasteiger partial charge in [0.1, 0.15) is 5.75 Å². The van der Waals surface area contributed by atoms with Crippen molar-refractivity contribution >= 4 is 45.3 Å². The number of methoxy groups -OCH3 is 2. The summed E-state index contributed by atoms with van der Waals surface area (Å²) >= 11 is 4.84. The van der Waals surface area contributed by atoms with Crippen molar-refractivity contribution in [2.45, 2.75) is 5.75 Å². The number of ether oxygens (including phenoxy) is 2. The van der Waals surface area contributed by atoms with Crippen molar-refractivity contribution in [2.75, 3.05) is 25.3 Å². The minimum atomic E-state index is -0.244. The maximum absolute atomic E-state index is 12.4. The molecule has 2 aromatic carbocycles. The number of benzene rings is 2. The molecule has 2 aromatic rings. The normalized spacial score (nSPS) is 10.2. The first-order valence-electron chi connectivity index (χ1n) is 7.42. The van der Waals surface area contributed by atoms with E-state index in [1.54, 1.807) is 12.1 Å². The zero-order valence-electron chi connectivity index (χ0n) is 13.9. The molecule has 0 aliphatic heterocycles. The third-order valence-corrected chi connectivity index (χ3v) is 4.80. The quantitative estimate of drug-likeness (QED) is 0.678. The monoisotopic (exact) mass is 423 g/mol. The van der Waals surface area contributed by atoms with Gasteiger partial charge in [-0.05, 0) is 35.9 Å². The van der Waals surface area contributed by atoms with Crippen molar-refractivity contribution in [3.05, 3.63) is 58.1 Å². The van der Waals surface area contributed by atoms with Gasteiger partial charge in [-0.15, -0.1) is 11.8 Å². The summed E-state index contributed by atoms with van der Waals surface area (Å²) in [6.07, 6.45) is 0. The summed E-state index contributed by atoms with van der Waals surface area (Å²) in [5, 5.41) is 2.85. The highest BCUT2D eigenvalue weighted by Gasteiger charge is 2.13. The van der Waals surface area contributed by atoms with Crippen LogP contribution in [0.1, 0.15) is 15.9 Å². The van der Waals surface area contributed by atoms with E-state index in [9.17, 15) is 9.59 Å². The second-order valence-electron chi connectivity index (χ2n) is 5.06. The molecule has 1 N–H and O–H groups in total. The number of nitrogens with one attached hydrogen (secondary N) is 1. The molecule has 0 aromatic heterocycles. The average molecular weight is 424 g/mol. The van der Waals surface area contributed by atoms with Gasteiger partial charge in [0.2, 0.25) is 0 Å². The Morgan fingerprint density at radius 1 is 1.12 bits per heavy atom. The van der Waals surface area contributed by atoms with Crippen LogP contribution in [-0.4, -0.2) is 31.8 Å². The Balaban J connectivity index is 1.98. The molecular weight excluding hydrogens is 406 g/mol. The molecule has 0 aliphatic carbocycles. The van der Waals surface area contributed by atoms with Crippen LogP contribution in [0.5, 0.6) is 5.75 Å². The van der Waals surface area contributed by atoms with Crippen LogP contribution in [0.3, 0.4) is 0 Å². The predicted octanol–water partition coefficient (Wildman–Crippen LogP) is 4.12. The standard InChI is InChI=1S/C18H18BrNO4S/c1-23-16-8-5-13(19)9-15(16)18(22)20-14-6-3-12(4-7-14)10-25-11-17(21)24-2/h3-9H,10-11H2,1-2H3,(H,20,22). The fourth-order valence-corrected chi connectivity index (χ4v) is 3.23. The van der Waals surface area contributed by atoms with Gasteiger partial charge in [-0.25, -0.2) is 0 Å². The van der Waals surface area contributed by atoms with Crippen molar-refractivity contribution in [2.24, 2.45) is 0 Å². The van der Waals surface area contributed by atoms with E-state index in [2.05, 4.69) is 26.0 Å². The molecule has 5 nitrogen and oxygen atoms in total. The van der Waals surface area contributed by atoms with Crippen LogP contribution in [0.25, 0.3) is 0 Å². The third kappa shape index (κ3) is 5.79. The lowest BCUT2D eigenvalue weighted by atomic mass is 10.1. The largest absolute Gasteiger partial charge is 0.496 e. The van der Waals surface area contributed by atoms with Gasteiger partial charge in [-0.1, -0.05) is 28.1 Å². The fraction of sp³-hybridized carbons (Fsp3) is 0.222. The Kier molecular flexibility index (Phi) is 7.33. The second kappa shape index (κ2) is 9.48. The Labute approximate surface area is 159 Å². The number of rotatable bonds is 7. The Morgan fingerprint density at radius 2 is 1.84 bits per heavy atom. The second-order valence-corrected chi connectivity index (χ2v) is 6.97. The lowest BCUT2D eigenvalue weighted by molar-refractivity contribution is -0.137. The molecule has 7 heteroatoms. The lowest BCUT2D eigenvalue weighted by Gasteiger charge is -2.10. The summed E-state index contributed by atoms with van der Waals surface area (Å²) < 4.78 is 10.6. The molecule has 0 fully saturated rings. The highest BCUT2D eigenvalue weighted by atomic mass is 79.9. The third-order valence-electron chi connectivity index (χ3n) is 3.33. The van der Waals surface area contributed by atoms with E-state index in [-0.39, 0.29) is 11.9 Å². The van der Waals surface area contributed by atoms with Crippen LogP contribution in [0.4, 0.5) is 5.69 Å². The summed E-state index contributed by atoms with van der Waals surface area (Å²) in [4.78, 5) is 23.5. The number of thioether (sulfide) groups is 1. The predicted molar refractivity (Wildman–Crippen MR) is 103 cm³/mol. The van der Waals surface area contributed by atoms with E-state index >= 15 is 0 Å². The van der Waals surface area contributed by atoms with Gasteiger partial charge >= 0.3 is 5.97 Å².